The highest BCUT2D eigenvalue weighted by Gasteiger charge is 2.46. The molecule has 4 saturated heterocycles. The van der Waals surface area contributed by atoms with Crippen LogP contribution in [-0.2, 0) is 80.0 Å². The number of unbranched alkanes of at least 4 members (excludes halogenated alkanes) is 2. The molecule has 6 rings (SSSR count). The molecule has 11 amide bonds. The number of hydrogen-bond donors (Lipinski definition) is 14. The summed E-state index contributed by atoms with van der Waals surface area (Å²) in [6, 6.07) is -0.511. The normalized spacial score (nSPS) is 19.6. The molecule has 0 bridgehead atoms. The van der Waals surface area contributed by atoms with Crippen LogP contribution >= 0.6 is 11.8 Å². The van der Waals surface area contributed by atoms with Crippen LogP contribution in [0.4, 0.5) is 0 Å². The second-order valence-electron chi connectivity index (χ2n) is 27.1. The molecule has 0 aromatic heterocycles. The number of hydrogen-bond acceptors (Lipinski definition) is 19. The first-order valence-corrected chi connectivity index (χ1v) is 37.0. The maximum atomic E-state index is 15.2. The minimum absolute atomic E-state index is 0.0154. The van der Waals surface area contributed by atoms with Crippen molar-refractivity contribution in [3.63, 3.8) is 0 Å². The van der Waals surface area contributed by atoms with Gasteiger partial charge in [-0.3, -0.25) is 62.3 Å². The Morgan fingerprint density at radius 3 is 1.32 bits per heavy atom. The van der Waals surface area contributed by atoms with Gasteiger partial charge in [-0.25, -0.2) is 4.79 Å². The van der Waals surface area contributed by atoms with E-state index < -0.39 is 174 Å². The van der Waals surface area contributed by atoms with Crippen molar-refractivity contribution in [3.8, 4) is 5.75 Å². The molecule has 0 unspecified atom stereocenters. The van der Waals surface area contributed by atoms with Gasteiger partial charge in [0.2, 0.25) is 65.0 Å². The van der Waals surface area contributed by atoms with Crippen LogP contribution in [0.2, 0.25) is 0 Å². The Kier molecular flexibility index (Phi) is 33.3. The summed E-state index contributed by atoms with van der Waals surface area (Å²) in [5.74, 6) is -12.2. The number of aliphatic carboxylic acids is 3. The van der Waals surface area contributed by atoms with Gasteiger partial charge in [-0.1, -0.05) is 62.7 Å². The maximum Gasteiger partial charge on any atom is 0.326 e. The first-order valence-electron chi connectivity index (χ1n) is 35.7. The zero-order valence-corrected chi connectivity index (χ0v) is 59.8. The summed E-state index contributed by atoms with van der Waals surface area (Å²) in [6.07, 6.45) is 4.08. The van der Waals surface area contributed by atoms with Gasteiger partial charge >= 0.3 is 17.9 Å². The van der Waals surface area contributed by atoms with Crippen molar-refractivity contribution < 1.29 is 87.5 Å². The number of nitrogens with zero attached hydrogens (tertiary/aromatic N) is 4. The summed E-state index contributed by atoms with van der Waals surface area (Å²) in [4.78, 5) is 199. The molecule has 0 radical (unpaired) electrons. The summed E-state index contributed by atoms with van der Waals surface area (Å²) in [5, 5.41) is 58.1. The highest BCUT2D eigenvalue weighted by atomic mass is 32.2. The van der Waals surface area contributed by atoms with Crippen LogP contribution in [0.1, 0.15) is 147 Å². The maximum absolute atomic E-state index is 15.2. The molecular weight excluding hydrogens is 1360 g/mol. The number of phenols is 1. The lowest BCUT2D eigenvalue weighted by atomic mass is 10.0. The Labute approximate surface area is 603 Å². The number of carbonyl (C=O) groups is 14. The molecule has 0 spiro atoms. The van der Waals surface area contributed by atoms with E-state index in [9.17, 15) is 78.0 Å². The van der Waals surface area contributed by atoms with E-state index in [0.29, 0.717) is 74.8 Å². The molecule has 4 fully saturated rings. The lowest BCUT2D eigenvalue weighted by molar-refractivity contribution is -0.150. The topological polar surface area (TPSA) is 495 Å². The third kappa shape index (κ3) is 24.6. The van der Waals surface area contributed by atoms with Crippen LogP contribution in [-0.4, -0.2) is 247 Å². The van der Waals surface area contributed by atoms with E-state index in [0.717, 1.165) is 4.90 Å². The standard InChI is InChI=1S/C70H104N14O18S/c1-41(2)58(65(96)77-48(28-30-57(88)89)66(97)84-37-14-22-55(84)70(101)102)80-64(95)54-21-13-36-83(54)68(99)50(40-43-23-25-44(85)26-24-43)78-60(91)46(18-8-10-33-72)75-62(93)52-19-12-35-82(52)69(100)51(39-42-15-5-4-6-16-42)79-63(94)53-20-11-34-81(53)67(98)49(31-38-103-3)76-61(92)47(27-29-56(86)87)74-59(90)45(73)17-7-9-32-71/h4-6,15-16,23-26,41,45-55,58,85H,7-14,17-22,27-40,71-73H2,1-3H3,(H,74,90)(H,75,93)(H,76,92)(H,77,96)(H,78,91)(H,79,94)(H,80,95)(H,86,87)(H,88,89)(H,101,102)/t45-,46-,47-,48-,49-,50-,51-,52-,53-,54-,55-,58-/m0/s1. The number of benzene rings is 2. The minimum Gasteiger partial charge on any atom is -0.508 e. The largest absolute Gasteiger partial charge is 0.508 e. The summed E-state index contributed by atoms with van der Waals surface area (Å²) in [7, 11) is 0. The number of carbonyl (C=O) groups excluding carboxylic acids is 11. The van der Waals surface area contributed by atoms with Gasteiger partial charge in [-0.15, -0.1) is 0 Å². The Balaban J connectivity index is 1.20. The average Bonchev–Trinajstić information content (AvgIpc) is 1.75. The fraction of sp³-hybridized carbons (Fsp3) is 0.629. The first kappa shape index (κ1) is 83.0. The molecule has 2 aromatic carbocycles. The predicted octanol–water partition coefficient (Wildman–Crippen LogP) is -0.656. The van der Waals surface area contributed by atoms with Gasteiger partial charge in [0.15, 0.2) is 0 Å². The third-order valence-corrected chi connectivity index (χ3v) is 19.8. The summed E-state index contributed by atoms with van der Waals surface area (Å²) in [5.41, 5.74) is 18.7. The molecule has 4 aliphatic rings. The summed E-state index contributed by atoms with van der Waals surface area (Å²) < 4.78 is 0. The SMILES string of the molecule is CSCC[C@H](NC(=O)[C@H](CCC(=O)O)NC(=O)[C@@H](N)CCCCN)C(=O)N1CCC[C@H]1C(=O)N[C@@H](Cc1ccccc1)C(=O)N1CCC[C@H]1C(=O)N[C@@H](CCCCN)C(=O)N[C@@H](Cc1ccc(O)cc1)C(=O)N1CCC[C@H]1C(=O)N[C@H](C(=O)N[C@@H](CCC(=O)O)C(=O)N1CCC[C@H]1C(=O)O)C(C)C. The van der Waals surface area contributed by atoms with Crippen LogP contribution in [0.5, 0.6) is 5.75 Å². The molecule has 17 N–H and O–H groups in total. The second-order valence-corrected chi connectivity index (χ2v) is 28.1. The third-order valence-electron chi connectivity index (χ3n) is 19.1. The number of nitrogens with two attached hydrogens (primary N) is 3. The highest BCUT2D eigenvalue weighted by molar-refractivity contribution is 7.98. The summed E-state index contributed by atoms with van der Waals surface area (Å²) in [6.45, 7) is 4.10. The van der Waals surface area contributed by atoms with E-state index in [2.05, 4.69) is 37.2 Å². The molecule has 0 saturated carbocycles. The highest BCUT2D eigenvalue weighted by Crippen LogP contribution is 2.27. The monoisotopic (exact) mass is 1460 g/mol. The van der Waals surface area contributed by atoms with Crippen molar-refractivity contribution in [2.45, 2.75) is 221 Å². The summed E-state index contributed by atoms with van der Waals surface area (Å²) >= 11 is 1.39. The van der Waals surface area contributed by atoms with Gasteiger partial charge in [0.25, 0.3) is 0 Å². The molecule has 33 heteroatoms. The fourth-order valence-electron chi connectivity index (χ4n) is 13.5. The molecule has 0 aliphatic carbocycles. The van der Waals surface area contributed by atoms with Crippen molar-refractivity contribution in [2.75, 3.05) is 51.3 Å². The first-order chi connectivity index (χ1) is 49.2. The number of phenolic OH excluding ortho intramolecular Hbond substituents is 1. The van der Waals surface area contributed by atoms with Gasteiger partial charge in [0.1, 0.15) is 72.2 Å². The zero-order chi connectivity index (χ0) is 75.4. The Morgan fingerprint density at radius 1 is 0.456 bits per heavy atom. The fourth-order valence-corrected chi connectivity index (χ4v) is 13.9. The Hall–Kier alpha value is -8.95. The van der Waals surface area contributed by atoms with Crippen molar-refractivity contribution in [2.24, 2.45) is 23.1 Å². The van der Waals surface area contributed by atoms with Gasteiger partial charge in [-0.05, 0) is 157 Å². The number of thioether (sulfide) groups is 1. The second kappa shape index (κ2) is 41.4. The van der Waals surface area contributed by atoms with Gasteiger partial charge in [0, 0.05) is 51.9 Å². The minimum atomic E-state index is -1.46. The van der Waals surface area contributed by atoms with Crippen LogP contribution in [0.3, 0.4) is 0 Å². The number of nitrogens with one attached hydrogen (secondary N) is 7. The average molecular weight is 1460 g/mol. The van der Waals surface area contributed by atoms with Crippen molar-refractivity contribution in [1.82, 2.24) is 56.8 Å². The predicted molar refractivity (Wildman–Crippen MR) is 377 cm³/mol. The van der Waals surface area contributed by atoms with Gasteiger partial charge in [0.05, 0.1) is 6.04 Å². The van der Waals surface area contributed by atoms with Crippen LogP contribution < -0.4 is 54.4 Å². The van der Waals surface area contributed by atoms with Gasteiger partial charge < -0.3 is 94.4 Å². The van der Waals surface area contributed by atoms with E-state index in [1.807, 2.05) is 0 Å². The molecule has 2 aromatic rings. The zero-order valence-electron chi connectivity index (χ0n) is 58.9. The molecular formula is C70H104N14O18S. The molecule has 4 aliphatic heterocycles. The van der Waals surface area contributed by atoms with E-state index in [1.165, 1.54) is 50.7 Å². The van der Waals surface area contributed by atoms with E-state index in [1.54, 1.807) is 50.4 Å². The van der Waals surface area contributed by atoms with Crippen LogP contribution in [0, 0.1) is 5.92 Å². The van der Waals surface area contributed by atoms with Crippen LogP contribution in [0.25, 0.3) is 0 Å². The number of rotatable bonds is 41. The molecule has 568 valence electrons. The molecule has 103 heavy (non-hydrogen) atoms. The Morgan fingerprint density at radius 2 is 0.845 bits per heavy atom. The molecule has 32 nitrogen and oxygen atoms in total. The number of aromatic hydroxyl groups is 1. The number of amides is 11. The van der Waals surface area contributed by atoms with Crippen molar-refractivity contribution >= 4 is 94.6 Å². The van der Waals surface area contributed by atoms with Crippen molar-refractivity contribution in [3.05, 3.63) is 65.7 Å². The quantitative estimate of drug-likeness (QED) is 0.0368. The van der Waals surface area contributed by atoms with E-state index in [-0.39, 0.29) is 109 Å². The van der Waals surface area contributed by atoms with Gasteiger partial charge in [-0.2, -0.15) is 11.8 Å². The number of likely N-dealkylation sites (tertiary alicyclic amines) is 4. The Bertz CT molecular complexity index is 3280. The van der Waals surface area contributed by atoms with Crippen LogP contribution in [0.15, 0.2) is 54.6 Å². The smallest absolute Gasteiger partial charge is 0.326 e. The number of carboxylic acid groups (broad SMARTS) is 3. The lowest BCUT2D eigenvalue weighted by Crippen LogP contribution is -2.61. The van der Waals surface area contributed by atoms with Crippen molar-refractivity contribution in [1.29, 1.82) is 0 Å². The van der Waals surface area contributed by atoms with E-state index in [4.69, 9.17) is 17.2 Å². The lowest BCUT2D eigenvalue weighted by Gasteiger charge is -2.33. The molecule has 12 atom stereocenters. The van der Waals surface area contributed by atoms with E-state index >= 15 is 9.59 Å². The number of carboxylic acids is 3. The molecule has 4 heterocycles.